The fraction of sp³-hybridized carbons (Fsp3) is 0.250. The van der Waals surface area contributed by atoms with E-state index in [9.17, 15) is 9.18 Å². The topological polar surface area (TPSA) is 83.1 Å². The van der Waals surface area contributed by atoms with Crippen LogP contribution in [0.2, 0.25) is 5.02 Å². The predicted octanol–water partition coefficient (Wildman–Crippen LogP) is 1.68. The number of hydrogen-bond acceptors (Lipinski definition) is 5. The number of anilines is 2. The van der Waals surface area contributed by atoms with E-state index in [-0.39, 0.29) is 23.3 Å². The van der Waals surface area contributed by atoms with Crippen LogP contribution in [0.15, 0.2) is 18.2 Å². The van der Waals surface area contributed by atoms with Gasteiger partial charge in [0.15, 0.2) is 6.61 Å². The van der Waals surface area contributed by atoms with Crippen molar-refractivity contribution in [2.45, 2.75) is 0 Å². The minimum Gasteiger partial charge on any atom is -0.482 e. The number of halogens is 2. The summed E-state index contributed by atoms with van der Waals surface area (Å²) < 4.78 is 18.1. The molecule has 2 aromatic rings. The Balaban J connectivity index is 1.89. The first-order valence-corrected chi connectivity index (χ1v) is 6.31. The lowest BCUT2D eigenvalue weighted by Gasteiger charge is -2.07. The van der Waals surface area contributed by atoms with Gasteiger partial charge in [0.2, 0.25) is 11.9 Å². The van der Waals surface area contributed by atoms with Crippen molar-refractivity contribution in [3.05, 3.63) is 29.0 Å². The molecule has 0 aliphatic rings. The molecule has 1 aromatic heterocycles. The van der Waals surface area contributed by atoms with Crippen LogP contribution in [0.4, 0.5) is 16.3 Å². The van der Waals surface area contributed by atoms with E-state index >= 15 is 0 Å². The summed E-state index contributed by atoms with van der Waals surface area (Å²) in [6, 6.07) is 3.65. The minimum atomic E-state index is -0.477. The second kappa shape index (κ2) is 6.40. The molecule has 21 heavy (non-hydrogen) atoms. The Morgan fingerprint density at radius 2 is 2.24 bits per heavy atom. The van der Waals surface area contributed by atoms with E-state index in [0.29, 0.717) is 5.95 Å². The number of H-pyrrole nitrogens is 1. The summed E-state index contributed by atoms with van der Waals surface area (Å²) in [5.41, 5.74) is 0. The Morgan fingerprint density at radius 3 is 2.86 bits per heavy atom. The number of nitrogens with one attached hydrogen (secondary N) is 2. The highest BCUT2D eigenvalue weighted by molar-refractivity contribution is 6.32. The van der Waals surface area contributed by atoms with Gasteiger partial charge in [-0.1, -0.05) is 11.6 Å². The van der Waals surface area contributed by atoms with E-state index in [1.807, 2.05) is 0 Å². The number of benzene rings is 1. The van der Waals surface area contributed by atoms with Gasteiger partial charge in [0.25, 0.3) is 5.91 Å². The van der Waals surface area contributed by atoms with Crippen molar-refractivity contribution in [2.24, 2.45) is 0 Å². The first kappa shape index (κ1) is 15.0. The van der Waals surface area contributed by atoms with Crippen LogP contribution in [0.3, 0.4) is 0 Å². The number of carbonyl (C=O) groups excluding carboxylic acids is 1. The molecule has 0 aliphatic carbocycles. The fourth-order valence-electron chi connectivity index (χ4n) is 1.41. The molecule has 9 heteroatoms. The number of ether oxygens (including phenoxy) is 1. The maximum Gasteiger partial charge on any atom is 0.264 e. The number of amides is 1. The molecule has 1 aromatic carbocycles. The molecule has 0 fully saturated rings. The number of carbonyl (C=O) groups is 1. The molecule has 112 valence electrons. The Kier molecular flexibility index (Phi) is 4.59. The van der Waals surface area contributed by atoms with Gasteiger partial charge in [-0.2, -0.15) is 0 Å². The molecule has 0 bridgehead atoms. The SMILES string of the molecule is CN(C)c1nnc(NC(=O)COc2ccc(F)cc2Cl)[nH]1. The summed E-state index contributed by atoms with van der Waals surface area (Å²) in [6.07, 6.45) is 0. The molecule has 0 radical (unpaired) electrons. The Bertz CT molecular complexity index is 646. The van der Waals surface area contributed by atoms with Crippen LogP contribution in [0.1, 0.15) is 0 Å². The van der Waals surface area contributed by atoms with Gasteiger partial charge in [-0.15, -0.1) is 10.2 Å². The molecule has 0 aliphatic heterocycles. The zero-order valence-corrected chi connectivity index (χ0v) is 12.1. The zero-order valence-electron chi connectivity index (χ0n) is 11.4. The van der Waals surface area contributed by atoms with E-state index in [2.05, 4.69) is 20.5 Å². The average Bonchev–Trinajstić information content (AvgIpc) is 2.86. The third-order valence-electron chi connectivity index (χ3n) is 2.41. The van der Waals surface area contributed by atoms with Crippen molar-refractivity contribution in [3.63, 3.8) is 0 Å². The molecule has 7 nitrogen and oxygen atoms in total. The highest BCUT2D eigenvalue weighted by atomic mass is 35.5. The van der Waals surface area contributed by atoms with Crippen LogP contribution in [0, 0.1) is 5.82 Å². The lowest BCUT2D eigenvalue weighted by atomic mass is 10.3. The first-order chi connectivity index (χ1) is 9.95. The molecule has 1 heterocycles. The Labute approximate surface area is 125 Å². The minimum absolute atomic E-state index is 0.0948. The lowest BCUT2D eigenvalue weighted by molar-refractivity contribution is -0.118. The fourth-order valence-corrected chi connectivity index (χ4v) is 1.64. The number of aromatic amines is 1. The number of hydrogen-bond donors (Lipinski definition) is 2. The highest BCUT2D eigenvalue weighted by Gasteiger charge is 2.10. The van der Waals surface area contributed by atoms with Crippen molar-refractivity contribution in [3.8, 4) is 5.75 Å². The van der Waals surface area contributed by atoms with Gasteiger partial charge in [-0.05, 0) is 18.2 Å². The van der Waals surface area contributed by atoms with Gasteiger partial charge in [0, 0.05) is 14.1 Å². The predicted molar refractivity (Wildman–Crippen MR) is 76.2 cm³/mol. The highest BCUT2D eigenvalue weighted by Crippen LogP contribution is 2.24. The molecule has 0 saturated heterocycles. The van der Waals surface area contributed by atoms with E-state index in [0.717, 1.165) is 6.07 Å². The normalized spacial score (nSPS) is 10.3. The molecular formula is C12H13ClFN5O2. The van der Waals surface area contributed by atoms with Gasteiger partial charge in [0.1, 0.15) is 11.6 Å². The standard InChI is InChI=1S/C12H13ClFN5O2/c1-19(2)12-16-11(17-18-12)15-10(20)6-21-9-4-3-7(14)5-8(9)13/h3-5H,6H2,1-2H3,(H2,15,16,17,18,20). The van der Waals surface area contributed by atoms with E-state index in [1.54, 1.807) is 19.0 Å². The van der Waals surface area contributed by atoms with Crippen molar-refractivity contribution >= 4 is 29.4 Å². The summed E-state index contributed by atoms with van der Waals surface area (Å²) in [6.45, 7) is -0.288. The van der Waals surface area contributed by atoms with Crippen LogP contribution in [0.5, 0.6) is 5.75 Å². The van der Waals surface area contributed by atoms with Gasteiger partial charge in [0.05, 0.1) is 5.02 Å². The van der Waals surface area contributed by atoms with E-state index < -0.39 is 11.7 Å². The van der Waals surface area contributed by atoms with Crippen molar-refractivity contribution < 1.29 is 13.9 Å². The lowest BCUT2D eigenvalue weighted by Crippen LogP contribution is -2.21. The van der Waals surface area contributed by atoms with Gasteiger partial charge in [-0.25, -0.2) is 4.39 Å². The monoisotopic (exact) mass is 313 g/mol. The smallest absolute Gasteiger partial charge is 0.264 e. The second-order valence-corrected chi connectivity index (χ2v) is 4.71. The third-order valence-corrected chi connectivity index (χ3v) is 2.70. The van der Waals surface area contributed by atoms with Crippen LogP contribution in [0.25, 0.3) is 0 Å². The molecule has 1 amide bonds. The van der Waals surface area contributed by atoms with Crippen molar-refractivity contribution in [2.75, 3.05) is 30.9 Å². The maximum atomic E-state index is 12.9. The average molecular weight is 314 g/mol. The van der Waals surface area contributed by atoms with Gasteiger partial charge >= 0.3 is 0 Å². The molecule has 0 spiro atoms. The van der Waals surface area contributed by atoms with Crippen LogP contribution >= 0.6 is 11.6 Å². The molecule has 2 N–H and O–H groups in total. The van der Waals surface area contributed by atoms with Crippen LogP contribution in [-0.2, 0) is 4.79 Å². The van der Waals surface area contributed by atoms with Crippen LogP contribution in [-0.4, -0.2) is 41.8 Å². The van der Waals surface area contributed by atoms with Gasteiger partial charge < -0.3 is 9.64 Å². The molecule has 0 unspecified atom stereocenters. The summed E-state index contributed by atoms with van der Waals surface area (Å²) in [5, 5.41) is 10.1. The summed E-state index contributed by atoms with van der Waals surface area (Å²) >= 11 is 5.78. The number of aromatic nitrogens is 3. The molecular weight excluding hydrogens is 301 g/mol. The molecule has 2 rings (SSSR count). The van der Waals surface area contributed by atoms with Crippen molar-refractivity contribution in [1.29, 1.82) is 0 Å². The Hall–Kier alpha value is -2.35. The largest absolute Gasteiger partial charge is 0.482 e. The zero-order chi connectivity index (χ0) is 15.4. The maximum absolute atomic E-state index is 12.9. The van der Waals surface area contributed by atoms with E-state index in [4.69, 9.17) is 16.3 Å². The second-order valence-electron chi connectivity index (χ2n) is 4.30. The van der Waals surface area contributed by atoms with Crippen LogP contribution < -0.4 is 15.0 Å². The quantitative estimate of drug-likeness (QED) is 0.877. The summed E-state index contributed by atoms with van der Waals surface area (Å²) in [7, 11) is 3.57. The van der Waals surface area contributed by atoms with Gasteiger partial charge in [-0.3, -0.25) is 15.1 Å². The summed E-state index contributed by atoms with van der Waals surface area (Å²) in [4.78, 5) is 16.2. The molecule has 0 atom stereocenters. The Morgan fingerprint density at radius 1 is 1.48 bits per heavy atom. The molecule has 0 saturated carbocycles. The number of nitrogens with zero attached hydrogens (tertiary/aromatic N) is 3. The van der Waals surface area contributed by atoms with E-state index in [1.165, 1.54) is 12.1 Å². The first-order valence-electron chi connectivity index (χ1n) is 5.93. The summed E-state index contributed by atoms with van der Waals surface area (Å²) in [5.74, 6) is 0.0107. The third kappa shape index (κ3) is 4.06. The number of rotatable bonds is 5. The van der Waals surface area contributed by atoms with Crippen molar-refractivity contribution in [1.82, 2.24) is 15.2 Å².